The molecule has 3 heterocycles. The first-order chi connectivity index (χ1) is 10.8. The first kappa shape index (κ1) is 15.2. The number of carbonyl (C=O) groups is 1. The number of pyridine rings is 1. The van der Waals surface area contributed by atoms with Gasteiger partial charge in [0.15, 0.2) is 11.5 Å². The molecule has 0 aliphatic carbocycles. The van der Waals surface area contributed by atoms with Gasteiger partial charge in [-0.25, -0.2) is 9.97 Å². The molecule has 0 radical (unpaired) electrons. The lowest BCUT2D eigenvalue weighted by Crippen LogP contribution is -2.51. The second-order valence-corrected chi connectivity index (χ2v) is 5.11. The number of hydrogen-bond acceptors (Lipinski definition) is 5. The first-order valence-electron chi connectivity index (χ1n) is 6.69. The second kappa shape index (κ2) is 5.49. The van der Waals surface area contributed by atoms with Gasteiger partial charge in [-0.1, -0.05) is 0 Å². The lowest BCUT2D eigenvalue weighted by Gasteiger charge is -2.37. The summed E-state index contributed by atoms with van der Waals surface area (Å²) in [6.07, 6.45) is -1.76. The number of carboxylic acid groups (broad SMARTS) is 1. The highest BCUT2D eigenvalue weighted by molar-refractivity contribution is 5.74. The van der Waals surface area contributed by atoms with E-state index in [1.54, 1.807) is 12.1 Å². The highest BCUT2D eigenvalue weighted by Gasteiger charge is 2.37. The number of carboxylic acids is 1. The van der Waals surface area contributed by atoms with Gasteiger partial charge >= 0.3 is 12.1 Å². The molecule has 1 aliphatic rings. The molecule has 0 bridgehead atoms. The molecule has 9 heteroatoms. The molecule has 3 rings (SSSR count). The molecule has 0 aromatic carbocycles. The van der Waals surface area contributed by atoms with Crippen molar-refractivity contribution in [2.75, 3.05) is 18.0 Å². The molecule has 0 unspecified atom stereocenters. The number of aromatic nitrogens is 3. The van der Waals surface area contributed by atoms with E-state index in [1.165, 1.54) is 17.3 Å². The van der Waals surface area contributed by atoms with Crippen molar-refractivity contribution in [1.29, 1.82) is 0 Å². The number of hydrogen-bond donors (Lipinski definition) is 1. The highest BCUT2D eigenvalue weighted by Crippen LogP contribution is 2.33. The average Bonchev–Trinajstić information content (AvgIpc) is 2.45. The summed E-state index contributed by atoms with van der Waals surface area (Å²) in [6, 6.07) is 3.96. The Morgan fingerprint density at radius 3 is 2.61 bits per heavy atom. The molecule has 6 nitrogen and oxygen atoms in total. The van der Waals surface area contributed by atoms with Crippen LogP contribution in [0, 0.1) is 5.92 Å². The molecular weight excluding hydrogens is 313 g/mol. The summed E-state index contributed by atoms with van der Waals surface area (Å²) in [5.74, 6) is -1.61. The van der Waals surface area contributed by atoms with Gasteiger partial charge in [-0.05, 0) is 12.1 Å². The summed E-state index contributed by atoms with van der Waals surface area (Å²) in [5, 5.41) is 8.87. The number of halogens is 3. The van der Waals surface area contributed by atoms with Crippen molar-refractivity contribution < 1.29 is 23.1 Å². The molecule has 23 heavy (non-hydrogen) atoms. The summed E-state index contributed by atoms with van der Waals surface area (Å²) in [4.78, 5) is 23.8. The van der Waals surface area contributed by atoms with Crippen molar-refractivity contribution >= 4 is 11.8 Å². The number of alkyl halides is 3. The molecule has 120 valence electrons. The Labute approximate surface area is 128 Å². The fourth-order valence-electron chi connectivity index (χ4n) is 2.19. The summed E-state index contributed by atoms with van der Waals surface area (Å²) in [6.45, 7) is 0.242. The van der Waals surface area contributed by atoms with Gasteiger partial charge in [0.2, 0.25) is 0 Å². The average molecular weight is 324 g/mol. The van der Waals surface area contributed by atoms with E-state index in [2.05, 4.69) is 15.0 Å². The summed E-state index contributed by atoms with van der Waals surface area (Å²) >= 11 is 0. The van der Waals surface area contributed by atoms with Crippen LogP contribution in [0.2, 0.25) is 0 Å². The van der Waals surface area contributed by atoms with E-state index in [1.807, 2.05) is 0 Å². The third kappa shape index (κ3) is 3.08. The fraction of sp³-hybridized carbons (Fsp3) is 0.286. The number of aliphatic carboxylic acids is 1. The van der Waals surface area contributed by atoms with Gasteiger partial charge < -0.3 is 10.0 Å². The van der Waals surface area contributed by atoms with Crippen molar-refractivity contribution in [3.63, 3.8) is 0 Å². The smallest absolute Gasteiger partial charge is 0.433 e. The lowest BCUT2D eigenvalue weighted by atomic mass is 10.0. The fourth-order valence-corrected chi connectivity index (χ4v) is 2.19. The Morgan fingerprint density at radius 2 is 2.04 bits per heavy atom. The molecule has 2 aromatic rings. The SMILES string of the molecule is O=C(O)C1CN(c2cc(C(F)(F)F)nc(-c3cccnc3)n2)C1. The topological polar surface area (TPSA) is 79.2 Å². The van der Waals surface area contributed by atoms with Gasteiger partial charge in [0.25, 0.3) is 0 Å². The van der Waals surface area contributed by atoms with Gasteiger partial charge in [0.1, 0.15) is 5.82 Å². The van der Waals surface area contributed by atoms with Crippen molar-refractivity contribution in [2.45, 2.75) is 6.18 Å². The van der Waals surface area contributed by atoms with Crippen molar-refractivity contribution in [3.8, 4) is 11.4 Å². The Morgan fingerprint density at radius 1 is 1.30 bits per heavy atom. The van der Waals surface area contributed by atoms with E-state index in [0.29, 0.717) is 5.56 Å². The van der Waals surface area contributed by atoms with Crippen LogP contribution in [0.5, 0.6) is 0 Å². The highest BCUT2D eigenvalue weighted by atomic mass is 19.4. The monoisotopic (exact) mass is 324 g/mol. The zero-order valence-corrected chi connectivity index (χ0v) is 11.7. The van der Waals surface area contributed by atoms with E-state index < -0.39 is 23.8 Å². The van der Waals surface area contributed by atoms with Crippen LogP contribution in [0.3, 0.4) is 0 Å². The van der Waals surface area contributed by atoms with Crippen LogP contribution in [0.25, 0.3) is 11.4 Å². The molecule has 0 saturated carbocycles. The Bertz CT molecular complexity index is 731. The predicted octanol–water partition coefficient (Wildman–Crippen LogP) is 2.08. The van der Waals surface area contributed by atoms with Gasteiger partial charge in [-0.3, -0.25) is 9.78 Å². The Balaban J connectivity index is 1.98. The van der Waals surface area contributed by atoms with Gasteiger partial charge in [0.05, 0.1) is 5.92 Å². The van der Waals surface area contributed by atoms with Crippen molar-refractivity contribution in [2.24, 2.45) is 5.92 Å². The van der Waals surface area contributed by atoms with Crippen LogP contribution in [0.15, 0.2) is 30.6 Å². The summed E-state index contributed by atoms with van der Waals surface area (Å²) in [5.41, 5.74) is -0.713. The Kier molecular flexibility index (Phi) is 3.63. The van der Waals surface area contributed by atoms with E-state index in [4.69, 9.17) is 5.11 Å². The second-order valence-electron chi connectivity index (χ2n) is 5.11. The third-order valence-electron chi connectivity index (χ3n) is 3.48. The normalized spacial score (nSPS) is 15.3. The molecule has 0 spiro atoms. The number of anilines is 1. The van der Waals surface area contributed by atoms with E-state index in [0.717, 1.165) is 6.07 Å². The van der Waals surface area contributed by atoms with Crippen LogP contribution in [-0.2, 0) is 11.0 Å². The van der Waals surface area contributed by atoms with Gasteiger partial charge in [-0.15, -0.1) is 0 Å². The van der Waals surface area contributed by atoms with Crippen LogP contribution in [-0.4, -0.2) is 39.1 Å². The minimum absolute atomic E-state index is 0.0590. The molecule has 1 saturated heterocycles. The summed E-state index contributed by atoms with van der Waals surface area (Å²) < 4.78 is 39.1. The predicted molar refractivity (Wildman–Crippen MR) is 73.6 cm³/mol. The van der Waals surface area contributed by atoms with Crippen LogP contribution in [0.4, 0.5) is 19.0 Å². The minimum Gasteiger partial charge on any atom is -0.481 e. The molecule has 0 amide bonds. The molecule has 1 N–H and O–H groups in total. The maximum atomic E-state index is 13.0. The summed E-state index contributed by atoms with van der Waals surface area (Å²) in [7, 11) is 0. The van der Waals surface area contributed by atoms with E-state index in [-0.39, 0.29) is 24.7 Å². The maximum absolute atomic E-state index is 13.0. The number of nitrogens with zero attached hydrogens (tertiary/aromatic N) is 4. The largest absolute Gasteiger partial charge is 0.481 e. The minimum atomic E-state index is -4.62. The zero-order valence-electron chi connectivity index (χ0n) is 11.7. The zero-order chi connectivity index (χ0) is 16.6. The van der Waals surface area contributed by atoms with Crippen LogP contribution >= 0.6 is 0 Å². The third-order valence-corrected chi connectivity index (χ3v) is 3.48. The maximum Gasteiger partial charge on any atom is 0.433 e. The van der Waals surface area contributed by atoms with Crippen LogP contribution < -0.4 is 4.90 Å². The molecule has 2 aromatic heterocycles. The standard InChI is InChI=1S/C14H11F3N4O2/c15-14(16,17)10-4-11(21-6-9(7-21)13(22)23)20-12(19-10)8-2-1-3-18-5-8/h1-5,9H,6-7H2,(H,22,23). The lowest BCUT2D eigenvalue weighted by molar-refractivity contribution is -0.143. The molecule has 0 atom stereocenters. The van der Waals surface area contributed by atoms with Crippen LogP contribution in [0.1, 0.15) is 5.69 Å². The van der Waals surface area contributed by atoms with Crippen molar-refractivity contribution in [1.82, 2.24) is 15.0 Å². The first-order valence-corrected chi connectivity index (χ1v) is 6.69. The van der Waals surface area contributed by atoms with Gasteiger partial charge in [-0.2, -0.15) is 13.2 Å². The molecule has 1 fully saturated rings. The Hall–Kier alpha value is -2.71. The van der Waals surface area contributed by atoms with Gasteiger partial charge in [0, 0.05) is 37.1 Å². The quantitative estimate of drug-likeness (QED) is 0.931. The number of rotatable bonds is 3. The van der Waals surface area contributed by atoms with E-state index >= 15 is 0 Å². The molecule has 1 aliphatic heterocycles. The van der Waals surface area contributed by atoms with Crippen molar-refractivity contribution in [3.05, 3.63) is 36.3 Å². The molecular formula is C14H11F3N4O2. The van der Waals surface area contributed by atoms with E-state index in [9.17, 15) is 18.0 Å².